The van der Waals surface area contributed by atoms with E-state index in [0.717, 1.165) is 11.0 Å². The number of alkyl halides is 3. The summed E-state index contributed by atoms with van der Waals surface area (Å²) in [7, 11) is 0. The molecule has 3 fully saturated rings. The highest BCUT2D eigenvalue weighted by Gasteiger charge is 2.75. The molecule has 9 heteroatoms. The van der Waals surface area contributed by atoms with Gasteiger partial charge in [0.25, 0.3) is 0 Å². The second-order valence-electron chi connectivity index (χ2n) is 7.72. The summed E-state index contributed by atoms with van der Waals surface area (Å²) in [4.78, 5) is 26.8. The van der Waals surface area contributed by atoms with E-state index in [0.29, 0.717) is 12.5 Å². The maximum atomic E-state index is 13.3. The first kappa shape index (κ1) is 17.9. The molecule has 3 saturated heterocycles. The zero-order chi connectivity index (χ0) is 19.9. The average molecular weight is 379 g/mol. The lowest BCUT2D eigenvalue weighted by molar-refractivity contribution is -0.138. The number of nitriles is 1. The Labute approximate surface area is 152 Å². The van der Waals surface area contributed by atoms with E-state index in [9.17, 15) is 22.8 Å². The normalized spacial score (nSPS) is 37.7. The fraction of sp³-hybridized carbons (Fsp3) is 0.500. The van der Waals surface area contributed by atoms with Crippen molar-refractivity contribution in [3.8, 4) is 6.07 Å². The summed E-state index contributed by atoms with van der Waals surface area (Å²) in [5, 5.41) is 8.92. The van der Waals surface area contributed by atoms with Crippen LogP contribution in [0.25, 0.3) is 0 Å². The van der Waals surface area contributed by atoms with Crippen LogP contribution in [0.15, 0.2) is 18.2 Å². The van der Waals surface area contributed by atoms with Crippen molar-refractivity contribution >= 4 is 17.5 Å². The maximum absolute atomic E-state index is 13.3. The Morgan fingerprint density at radius 3 is 2.48 bits per heavy atom. The number of ether oxygens (including phenoxy) is 1. The summed E-state index contributed by atoms with van der Waals surface area (Å²) in [5.74, 6) is -2.85. The van der Waals surface area contributed by atoms with Crippen molar-refractivity contribution in [2.24, 2.45) is 17.6 Å². The lowest BCUT2D eigenvalue weighted by atomic mass is 9.67. The molecular formula is C18H16F3N3O3. The minimum absolute atomic E-state index is 0.203. The molecule has 4 rings (SSSR count). The van der Waals surface area contributed by atoms with Crippen molar-refractivity contribution in [1.82, 2.24) is 0 Å². The molecule has 5 atom stereocenters. The van der Waals surface area contributed by atoms with Crippen LogP contribution in [0.4, 0.5) is 18.9 Å². The largest absolute Gasteiger partial charge is 0.417 e. The van der Waals surface area contributed by atoms with Crippen LogP contribution < -0.4 is 10.6 Å². The zero-order valence-corrected chi connectivity index (χ0v) is 14.5. The SMILES string of the molecule is C[C@@]12O[C@@](C)(C[C@@H]1N)[C@@H]1C(=O)N(c3ccc(C#N)c(C(F)(F)F)c3)C(=O)[C@@H]12. The fourth-order valence-corrected chi connectivity index (χ4v) is 4.86. The predicted octanol–water partition coefficient (Wildman–Crippen LogP) is 1.96. The van der Waals surface area contributed by atoms with E-state index in [2.05, 4.69) is 0 Å². The summed E-state index contributed by atoms with van der Waals surface area (Å²) < 4.78 is 45.7. The molecule has 27 heavy (non-hydrogen) atoms. The third-order valence-electron chi connectivity index (χ3n) is 6.08. The second kappa shape index (κ2) is 5.09. The highest BCUT2D eigenvalue weighted by atomic mass is 19.4. The molecule has 1 aromatic carbocycles. The fourth-order valence-electron chi connectivity index (χ4n) is 4.86. The number of anilines is 1. The Morgan fingerprint density at radius 1 is 1.26 bits per heavy atom. The van der Waals surface area contributed by atoms with Gasteiger partial charge in [0.1, 0.15) is 0 Å². The van der Waals surface area contributed by atoms with Crippen molar-refractivity contribution in [3.63, 3.8) is 0 Å². The van der Waals surface area contributed by atoms with Gasteiger partial charge < -0.3 is 10.5 Å². The Balaban J connectivity index is 1.81. The topological polar surface area (TPSA) is 96.4 Å². The van der Waals surface area contributed by atoms with Gasteiger partial charge in [-0.2, -0.15) is 18.4 Å². The molecule has 142 valence electrons. The number of imide groups is 1. The number of fused-ring (bicyclic) bond motifs is 5. The van der Waals surface area contributed by atoms with Crippen LogP contribution in [-0.4, -0.2) is 29.1 Å². The van der Waals surface area contributed by atoms with Crippen molar-refractivity contribution in [2.45, 2.75) is 43.7 Å². The molecule has 6 nitrogen and oxygen atoms in total. The summed E-state index contributed by atoms with van der Waals surface area (Å²) in [6, 6.07) is 3.84. The van der Waals surface area contributed by atoms with Crippen LogP contribution in [0.1, 0.15) is 31.4 Å². The second-order valence-corrected chi connectivity index (χ2v) is 7.72. The monoisotopic (exact) mass is 379 g/mol. The van der Waals surface area contributed by atoms with Gasteiger partial charge in [-0.25, -0.2) is 4.90 Å². The molecule has 0 unspecified atom stereocenters. The smallest absolute Gasteiger partial charge is 0.366 e. The van der Waals surface area contributed by atoms with Gasteiger partial charge in [0.2, 0.25) is 11.8 Å². The minimum atomic E-state index is -4.79. The number of amides is 2. The summed E-state index contributed by atoms with van der Waals surface area (Å²) in [6.07, 6.45) is -4.40. The standard InChI is InChI=1S/C18H16F3N3O3/c1-16-6-11(23)17(2,27-16)13-12(16)14(25)24(15(13)26)9-4-3-8(7-22)10(5-9)18(19,20)21/h3-5,11-13H,6,23H2,1-2H3/t11-,12-,13+,16-,17+/m0/s1. The number of carbonyl (C=O) groups is 2. The lowest BCUT2D eigenvalue weighted by Crippen LogP contribution is -2.53. The van der Waals surface area contributed by atoms with Crippen LogP contribution in [0.3, 0.4) is 0 Å². The minimum Gasteiger partial charge on any atom is -0.366 e. The molecule has 3 aliphatic heterocycles. The Bertz CT molecular complexity index is 925. The van der Waals surface area contributed by atoms with E-state index in [1.807, 2.05) is 0 Å². The van der Waals surface area contributed by atoms with Crippen LogP contribution in [0.2, 0.25) is 0 Å². The quantitative estimate of drug-likeness (QED) is 0.753. The van der Waals surface area contributed by atoms with Gasteiger partial charge in [-0.15, -0.1) is 0 Å². The van der Waals surface area contributed by atoms with E-state index >= 15 is 0 Å². The summed E-state index contributed by atoms with van der Waals surface area (Å²) in [5.41, 5.74) is 2.18. The first-order valence-corrected chi connectivity index (χ1v) is 8.39. The molecule has 2 amide bonds. The first-order valence-electron chi connectivity index (χ1n) is 8.39. The average Bonchev–Trinajstić information content (AvgIpc) is 3.07. The van der Waals surface area contributed by atoms with E-state index in [4.69, 9.17) is 15.7 Å². The Hall–Kier alpha value is -2.44. The number of nitrogens with zero attached hydrogens (tertiary/aromatic N) is 2. The maximum Gasteiger partial charge on any atom is 0.417 e. The molecule has 2 bridgehead atoms. The molecule has 3 heterocycles. The van der Waals surface area contributed by atoms with Gasteiger partial charge in [0.15, 0.2) is 0 Å². The first-order chi connectivity index (χ1) is 12.4. The van der Waals surface area contributed by atoms with Gasteiger partial charge in [0.05, 0.1) is 45.9 Å². The molecule has 0 spiro atoms. The van der Waals surface area contributed by atoms with Gasteiger partial charge in [-0.1, -0.05) is 0 Å². The number of nitrogens with two attached hydrogens (primary N) is 1. The van der Waals surface area contributed by atoms with Crippen molar-refractivity contribution < 1.29 is 27.5 Å². The predicted molar refractivity (Wildman–Crippen MR) is 86.1 cm³/mol. The van der Waals surface area contributed by atoms with Gasteiger partial charge >= 0.3 is 6.18 Å². The number of hydrogen-bond acceptors (Lipinski definition) is 5. The third-order valence-corrected chi connectivity index (χ3v) is 6.08. The molecule has 0 aromatic heterocycles. The van der Waals surface area contributed by atoms with E-state index < -0.39 is 58.2 Å². The van der Waals surface area contributed by atoms with Crippen LogP contribution in [0, 0.1) is 23.2 Å². The number of halogens is 3. The van der Waals surface area contributed by atoms with Crippen LogP contribution in [-0.2, 0) is 20.5 Å². The van der Waals surface area contributed by atoms with Crippen molar-refractivity contribution in [3.05, 3.63) is 29.3 Å². The molecule has 1 aromatic rings. The highest BCUT2D eigenvalue weighted by molar-refractivity contribution is 6.23. The summed E-state index contributed by atoms with van der Waals surface area (Å²) in [6.45, 7) is 3.37. The van der Waals surface area contributed by atoms with E-state index in [-0.39, 0.29) is 5.69 Å². The third kappa shape index (κ3) is 2.14. The van der Waals surface area contributed by atoms with Gasteiger partial charge in [0, 0.05) is 6.04 Å². The Morgan fingerprint density at radius 2 is 1.89 bits per heavy atom. The molecule has 0 radical (unpaired) electrons. The number of hydrogen-bond donors (Lipinski definition) is 1. The summed E-state index contributed by atoms with van der Waals surface area (Å²) >= 11 is 0. The van der Waals surface area contributed by atoms with Crippen LogP contribution >= 0.6 is 0 Å². The molecular weight excluding hydrogens is 363 g/mol. The molecule has 2 N–H and O–H groups in total. The highest BCUT2D eigenvalue weighted by Crippen LogP contribution is 2.60. The van der Waals surface area contributed by atoms with Crippen LogP contribution in [0.5, 0.6) is 0 Å². The number of rotatable bonds is 1. The van der Waals surface area contributed by atoms with E-state index in [1.165, 1.54) is 12.1 Å². The van der Waals surface area contributed by atoms with Crippen molar-refractivity contribution in [1.29, 1.82) is 5.26 Å². The zero-order valence-electron chi connectivity index (χ0n) is 14.5. The molecule has 3 aliphatic rings. The lowest BCUT2D eigenvalue weighted by Gasteiger charge is -2.32. The Kier molecular flexibility index (Phi) is 3.38. The molecule has 0 aliphatic carbocycles. The van der Waals surface area contributed by atoms with E-state index in [1.54, 1.807) is 13.8 Å². The van der Waals surface area contributed by atoms with Crippen molar-refractivity contribution in [2.75, 3.05) is 4.90 Å². The number of carbonyl (C=O) groups excluding carboxylic acids is 2. The molecule has 0 saturated carbocycles. The van der Waals surface area contributed by atoms with Gasteiger partial charge in [-0.3, -0.25) is 9.59 Å². The van der Waals surface area contributed by atoms with Gasteiger partial charge in [-0.05, 0) is 38.5 Å². The number of benzene rings is 1.